The van der Waals surface area contributed by atoms with Crippen LogP contribution in [0, 0.1) is 0 Å². The van der Waals surface area contributed by atoms with Gasteiger partial charge in [-0.25, -0.2) is 0 Å². The van der Waals surface area contributed by atoms with Crippen molar-refractivity contribution in [3.8, 4) is 0 Å². The van der Waals surface area contributed by atoms with Crippen molar-refractivity contribution in [1.82, 2.24) is 19.5 Å². The van der Waals surface area contributed by atoms with Gasteiger partial charge in [0.2, 0.25) is 0 Å². The van der Waals surface area contributed by atoms with Gasteiger partial charge in [-0.15, -0.1) is 10.2 Å². The Balaban J connectivity index is 1.97. The fourth-order valence-electron chi connectivity index (χ4n) is 1.95. The minimum absolute atomic E-state index is 0.00120. The van der Waals surface area contributed by atoms with E-state index in [1.165, 1.54) is 0 Å². The Hall–Kier alpha value is -1.95. The second-order valence-corrected chi connectivity index (χ2v) is 3.87. The summed E-state index contributed by atoms with van der Waals surface area (Å²) in [6.45, 7) is 2.47. The van der Waals surface area contributed by atoms with Gasteiger partial charge >= 0.3 is 0 Å². The fraction of sp³-hybridized carbons (Fsp3) is 0.364. The molecular weight excluding hydrogens is 220 g/mol. The van der Waals surface area contributed by atoms with E-state index in [9.17, 15) is 4.79 Å². The zero-order chi connectivity index (χ0) is 11.7. The third kappa shape index (κ3) is 1.76. The SMILES string of the molecule is O=C(c1cccc2nncn12)N1CCOCC1. The molecule has 0 aromatic carbocycles. The Morgan fingerprint density at radius 3 is 2.94 bits per heavy atom. The Labute approximate surface area is 97.8 Å². The van der Waals surface area contributed by atoms with Crippen LogP contribution in [0.1, 0.15) is 10.5 Å². The first-order valence-corrected chi connectivity index (χ1v) is 5.52. The molecule has 2 aromatic heterocycles. The highest BCUT2D eigenvalue weighted by atomic mass is 16.5. The van der Waals surface area contributed by atoms with Crippen molar-refractivity contribution in [3.05, 3.63) is 30.2 Å². The Kier molecular flexibility index (Phi) is 2.49. The van der Waals surface area contributed by atoms with Gasteiger partial charge in [0, 0.05) is 13.1 Å². The van der Waals surface area contributed by atoms with Crippen molar-refractivity contribution in [3.63, 3.8) is 0 Å². The minimum atomic E-state index is -0.00120. The number of hydrogen-bond donors (Lipinski definition) is 0. The second-order valence-electron chi connectivity index (χ2n) is 3.87. The zero-order valence-electron chi connectivity index (χ0n) is 9.24. The summed E-state index contributed by atoms with van der Waals surface area (Å²) in [5.41, 5.74) is 1.28. The average Bonchev–Trinajstić information content (AvgIpc) is 2.87. The van der Waals surface area contributed by atoms with Crippen molar-refractivity contribution >= 4 is 11.6 Å². The molecule has 1 aliphatic heterocycles. The van der Waals surface area contributed by atoms with E-state index in [2.05, 4.69) is 10.2 Å². The monoisotopic (exact) mass is 232 g/mol. The third-order valence-corrected chi connectivity index (χ3v) is 2.85. The van der Waals surface area contributed by atoms with E-state index in [-0.39, 0.29) is 5.91 Å². The summed E-state index contributed by atoms with van der Waals surface area (Å²) in [6, 6.07) is 5.43. The molecule has 3 heterocycles. The van der Waals surface area contributed by atoms with Crippen LogP contribution < -0.4 is 0 Å². The summed E-state index contributed by atoms with van der Waals surface area (Å²) in [5, 5.41) is 7.73. The number of amides is 1. The molecule has 0 bridgehead atoms. The van der Waals surface area contributed by atoms with Gasteiger partial charge in [0.1, 0.15) is 12.0 Å². The lowest BCUT2D eigenvalue weighted by atomic mass is 10.3. The van der Waals surface area contributed by atoms with Gasteiger partial charge in [-0.1, -0.05) is 6.07 Å². The highest BCUT2D eigenvalue weighted by Gasteiger charge is 2.20. The quantitative estimate of drug-likeness (QED) is 0.704. The van der Waals surface area contributed by atoms with Gasteiger partial charge in [0.15, 0.2) is 5.65 Å². The zero-order valence-corrected chi connectivity index (χ0v) is 9.24. The average molecular weight is 232 g/mol. The van der Waals surface area contributed by atoms with Gasteiger partial charge in [-0.3, -0.25) is 9.20 Å². The number of aromatic nitrogens is 3. The molecule has 6 nitrogen and oxygen atoms in total. The molecule has 6 heteroatoms. The van der Waals surface area contributed by atoms with Crippen LogP contribution in [0.2, 0.25) is 0 Å². The minimum Gasteiger partial charge on any atom is -0.378 e. The maximum atomic E-state index is 12.3. The molecule has 2 aromatic rings. The molecule has 17 heavy (non-hydrogen) atoms. The van der Waals surface area contributed by atoms with Crippen molar-refractivity contribution in [2.75, 3.05) is 26.3 Å². The van der Waals surface area contributed by atoms with E-state index >= 15 is 0 Å². The summed E-state index contributed by atoms with van der Waals surface area (Å²) in [5.74, 6) is -0.00120. The van der Waals surface area contributed by atoms with E-state index in [4.69, 9.17) is 4.74 Å². The van der Waals surface area contributed by atoms with Gasteiger partial charge in [0.05, 0.1) is 13.2 Å². The first-order chi connectivity index (χ1) is 8.36. The molecule has 1 amide bonds. The van der Waals surface area contributed by atoms with Crippen LogP contribution in [0.3, 0.4) is 0 Å². The van der Waals surface area contributed by atoms with Gasteiger partial charge in [-0.2, -0.15) is 0 Å². The lowest BCUT2D eigenvalue weighted by Crippen LogP contribution is -2.41. The lowest BCUT2D eigenvalue weighted by molar-refractivity contribution is 0.0298. The summed E-state index contributed by atoms with van der Waals surface area (Å²) in [4.78, 5) is 14.1. The van der Waals surface area contributed by atoms with Crippen molar-refractivity contribution in [1.29, 1.82) is 0 Å². The lowest BCUT2D eigenvalue weighted by Gasteiger charge is -2.26. The smallest absolute Gasteiger partial charge is 0.271 e. The molecule has 88 valence electrons. The maximum absolute atomic E-state index is 12.3. The summed E-state index contributed by atoms with van der Waals surface area (Å²) >= 11 is 0. The van der Waals surface area contributed by atoms with Crippen LogP contribution in [-0.2, 0) is 4.74 Å². The number of nitrogens with zero attached hydrogens (tertiary/aromatic N) is 4. The van der Waals surface area contributed by atoms with Crippen molar-refractivity contribution < 1.29 is 9.53 Å². The molecule has 1 saturated heterocycles. The largest absolute Gasteiger partial charge is 0.378 e. The topological polar surface area (TPSA) is 59.7 Å². The van der Waals surface area contributed by atoms with E-state index in [0.717, 1.165) is 0 Å². The molecule has 0 saturated carbocycles. The first-order valence-electron chi connectivity index (χ1n) is 5.52. The maximum Gasteiger partial charge on any atom is 0.271 e. The summed E-state index contributed by atoms with van der Waals surface area (Å²) in [7, 11) is 0. The predicted octanol–water partition coefficient (Wildman–Crippen LogP) is 0.202. The Bertz CT molecular complexity index is 545. The van der Waals surface area contributed by atoms with Gasteiger partial charge < -0.3 is 9.64 Å². The molecule has 0 spiro atoms. The molecule has 0 radical (unpaired) electrons. The molecule has 1 fully saturated rings. The Morgan fingerprint density at radius 1 is 1.29 bits per heavy atom. The molecule has 1 aliphatic rings. The van der Waals surface area contributed by atoms with Crippen LogP contribution in [0.4, 0.5) is 0 Å². The van der Waals surface area contributed by atoms with Gasteiger partial charge in [0.25, 0.3) is 5.91 Å². The van der Waals surface area contributed by atoms with E-state index in [1.807, 2.05) is 12.1 Å². The van der Waals surface area contributed by atoms with Crippen LogP contribution in [-0.4, -0.2) is 51.7 Å². The van der Waals surface area contributed by atoms with E-state index < -0.39 is 0 Å². The highest BCUT2D eigenvalue weighted by molar-refractivity contribution is 5.93. The fourth-order valence-corrected chi connectivity index (χ4v) is 1.95. The number of fused-ring (bicyclic) bond motifs is 1. The summed E-state index contributed by atoms with van der Waals surface area (Å²) in [6.07, 6.45) is 1.56. The molecule has 3 rings (SSSR count). The molecule has 0 N–H and O–H groups in total. The van der Waals surface area contributed by atoms with Gasteiger partial charge in [-0.05, 0) is 12.1 Å². The number of hydrogen-bond acceptors (Lipinski definition) is 4. The van der Waals surface area contributed by atoms with Crippen LogP contribution in [0.25, 0.3) is 5.65 Å². The first kappa shape index (κ1) is 10.2. The Morgan fingerprint density at radius 2 is 2.12 bits per heavy atom. The van der Waals surface area contributed by atoms with Crippen LogP contribution in [0.15, 0.2) is 24.5 Å². The molecule has 0 unspecified atom stereocenters. The molecule has 0 atom stereocenters. The molecule has 0 aliphatic carbocycles. The number of carbonyl (C=O) groups excluding carboxylic acids is 1. The number of morpholine rings is 1. The summed E-state index contributed by atoms with van der Waals surface area (Å²) < 4.78 is 6.94. The van der Waals surface area contributed by atoms with Crippen molar-refractivity contribution in [2.45, 2.75) is 0 Å². The second kappa shape index (κ2) is 4.14. The number of rotatable bonds is 1. The number of ether oxygens (including phenoxy) is 1. The standard InChI is InChI=1S/C11H12N4O2/c16-11(14-4-6-17-7-5-14)9-2-1-3-10-13-12-8-15(9)10/h1-3,8H,4-7H2. The van der Waals surface area contributed by atoms with E-state index in [1.54, 1.807) is 21.7 Å². The van der Waals surface area contributed by atoms with E-state index in [0.29, 0.717) is 37.6 Å². The normalized spacial score (nSPS) is 16.4. The van der Waals surface area contributed by atoms with Crippen LogP contribution in [0.5, 0.6) is 0 Å². The van der Waals surface area contributed by atoms with Crippen LogP contribution >= 0.6 is 0 Å². The van der Waals surface area contributed by atoms with Crippen molar-refractivity contribution in [2.24, 2.45) is 0 Å². The third-order valence-electron chi connectivity index (χ3n) is 2.85. The highest BCUT2D eigenvalue weighted by Crippen LogP contribution is 2.09. The number of pyridine rings is 1. The predicted molar refractivity (Wildman–Crippen MR) is 59.7 cm³/mol. The molecular formula is C11H12N4O2. The number of carbonyl (C=O) groups is 1.